The van der Waals surface area contributed by atoms with Crippen LogP contribution in [-0.4, -0.2) is 0 Å². The molecule has 0 aromatic carbocycles. The summed E-state index contributed by atoms with van der Waals surface area (Å²) in [6, 6.07) is 0. The first-order valence-electron chi connectivity index (χ1n) is 4.93. The van der Waals surface area contributed by atoms with Crippen molar-refractivity contribution in [1.82, 2.24) is 0 Å². The van der Waals surface area contributed by atoms with E-state index in [9.17, 15) is 0 Å². The molecule has 3 aliphatic carbocycles. The van der Waals surface area contributed by atoms with E-state index in [1.54, 1.807) is 38.5 Å². The van der Waals surface area contributed by atoms with Gasteiger partial charge in [0.15, 0.2) is 0 Å². The Labute approximate surface area is 63.0 Å². The fraction of sp³-hybridized carbons (Fsp3) is 1.00. The lowest BCUT2D eigenvalue weighted by molar-refractivity contribution is 0.262. The monoisotopic (exact) mass is 136 g/mol. The fourth-order valence-electron chi connectivity index (χ4n) is 3.87. The van der Waals surface area contributed by atoms with Crippen LogP contribution in [0, 0.1) is 23.7 Å². The highest BCUT2D eigenvalue weighted by Gasteiger charge is 2.45. The molecular formula is C10H16. The van der Waals surface area contributed by atoms with Gasteiger partial charge in [0.1, 0.15) is 0 Å². The molecule has 4 atom stereocenters. The van der Waals surface area contributed by atoms with E-state index in [1.165, 1.54) is 23.7 Å². The molecule has 0 N–H and O–H groups in total. The van der Waals surface area contributed by atoms with E-state index >= 15 is 0 Å². The van der Waals surface area contributed by atoms with E-state index < -0.39 is 0 Å². The number of fused-ring (bicyclic) bond motifs is 1. The third kappa shape index (κ3) is 0.580. The minimum absolute atomic E-state index is 1.17. The summed E-state index contributed by atoms with van der Waals surface area (Å²) in [5.41, 5.74) is 0. The van der Waals surface area contributed by atoms with Crippen molar-refractivity contribution in [3.8, 4) is 0 Å². The van der Waals surface area contributed by atoms with Crippen molar-refractivity contribution in [2.75, 3.05) is 0 Å². The molecule has 0 radical (unpaired) electrons. The zero-order valence-corrected chi connectivity index (χ0v) is 6.55. The quantitative estimate of drug-likeness (QED) is 0.480. The van der Waals surface area contributed by atoms with Crippen molar-refractivity contribution >= 4 is 0 Å². The van der Waals surface area contributed by atoms with Gasteiger partial charge in [0.2, 0.25) is 0 Å². The van der Waals surface area contributed by atoms with E-state index in [-0.39, 0.29) is 0 Å². The van der Waals surface area contributed by atoms with Crippen LogP contribution in [0.5, 0.6) is 0 Å². The standard InChI is InChI=1S/C10H16/c1-2-8-3-4-9-5-7(1)6-10(8)9/h7-10H,1-6H2. The second-order valence-electron chi connectivity index (χ2n) is 4.68. The van der Waals surface area contributed by atoms with Crippen molar-refractivity contribution in [2.45, 2.75) is 38.5 Å². The van der Waals surface area contributed by atoms with Crippen LogP contribution >= 0.6 is 0 Å². The molecule has 0 aromatic heterocycles. The van der Waals surface area contributed by atoms with Crippen LogP contribution < -0.4 is 0 Å². The first kappa shape index (κ1) is 5.62. The fourth-order valence-corrected chi connectivity index (χ4v) is 3.87. The van der Waals surface area contributed by atoms with Gasteiger partial charge in [0.25, 0.3) is 0 Å². The maximum atomic E-state index is 1.62. The molecule has 0 heterocycles. The molecule has 10 heavy (non-hydrogen) atoms. The predicted octanol–water partition coefficient (Wildman–Crippen LogP) is 2.83. The smallest absolute Gasteiger partial charge is 0.0355 e. The Morgan fingerprint density at radius 2 is 1.50 bits per heavy atom. The minimum Gasteiger partial charge on any atom is -0.0502 e. The first-order chi connectivity index (χ1) is 4.93. The van der Waals surface area contributed by atoms with Crippen LogP contribution in [-0.2, 0) is 0 Å². The summed E-state index contributed by atoms with van der Waals surface area (Å²) in [4.78, 5) is 0. The Balaban J connectivity index is 1.94. The normalized spacial score (nSPS) is 57.6. The molecule has 3 rings (SSSR count). The lowest BCUT2D eigenvalue weighted by Crippen LogP contribution is -2.14. The molecule has 0 amide bonds. The summed E-state index contributed by atoms with van der Waals surface area (Å²) in [5, 5.41) is 0. The molecule has 3 saturated carbocycles. The Morgan fingerprint density at radius 1 is 0.700 bits per heavy atom. The predicted molar refractivity (Wildman–Crippen MR) is 41.7 cm³/mol. The van der Waals surface area contributed by atoms with E-state index in [2.05, 4.69) is 0 Å². The zero-order chi connectivity index (χ0) is 6.55. The second kappa shape index (κ2) is 1.78. The maximum Gasteiger partial charge on any atom is -0.0355 e. The van der Waals surface area contributed by atoms with Crippen LogP contribution in [0.4, 0.5) is 0 Å². The molecule has 0 aliphatic heterocycles. The van der Waals surface area contributed by atoms with Gasteiger partial charge >= 0.3 is 0 Å². The third-order valence-electron chi connectivity index (χ3n) is 4.31. The second-order valence-corrected chi connectivity index (χ2v) is 4.68. The Bertz CT molecular complexity index is 142. The van der Waals surface area contributed by atoms with Crippen LogP contribution in [0.15, 0.2) is 0 Å². The molecule has 0 nitrogen and oxygen atoms in total. The average Bonchev–Trinajstić information content (AvgIpc) is 2.38. The molecule has 0 saturated heterocycles. The summed E-state index contributed by atoms with van der Waals surface area (Å²) in [7, 11) is 0. The van der Waals surface area contributed by atoms with Crippen molar-refractivity contribution in [2.24, 2.45) is 23.7 Å². The summed E-state index contributed by atoms with van der Waals surface area (Å²) in [5.74, 6) is 4.76. The molecule has 0 heteroatoms. The Morgan fingerprint density at radius 3 is 2.50 bits per heavy atom. The number of hydrogen-bond acceptors (Lipinski definition) is 0. The summed E-state index contributed by atoms with van der Waals surface area (Å²) in [6.45, 7) is 0. The van der Waals surface area contributed by atoms with Crippen LogP contribution in [0.2, 0.25) is 0 Å². The molecule has 56 valence electrons. The van der Waals surface area contributed by atoms with E-state index in [0.29, 0.717) is 0 Å². The van der Waals surface area contributed by atoms with Crippen LogP contribution in [0.25, 0.3) is 0 Å². The van der Waals surface area contributed by atoms with Crippen molar-refractivity contribution in [3.05, 3.63) is 0 Å². The van der Waals surface area contributed by atoms with Gasteiger partial charge in [-0.3, -0.25) is 0 Å². The van der Waals surface area contributed by atoms with Gasteiger partial charge in [-0.2, -0.15) is 0 Å². The number of rotatable bonds is 0. The molecule has 2 bridgehead atoms. The van der Waals surface area contributed by atoms with Gasteiger partial charge in [-0.1, -0.05) is 6.42 Å². The van der Waals surface area contributed by atoms with Gasteiger partial charge in [0, 0.05) is 0 Å². The van der Waals surface area contributed by atoms with Crippen molar-refractivity contribution in [3.63, 3.8) is 0 Å². The van der Waals surface area contributed by atoms with E-state index in [4.69, 9.17) is 0 Å². The largest absolute Gasteiger partial charge is 0.0502 e. The first-order valence-corrected chi connectivity index (χ1v) is 4.93. The zero-order valence-electron chi connectivity index (χ0n) is 6.55. The van der Waals surface area contributed by atoms with E-state index in [1.807, 2.05) is 0 Å². The minimum atomic E-state index is 1.17. The van der Waals surface area contributed by atoms with Gasteiger partial charge in [-0.15, -0.1) is 0 Å². The van der Waals surface area contributed by atoms with Crippen LogP contribution in [0.1, 0.15) is 38.5 Å². The summed E-state index contributed by atoms with van der Waals surface area (Å²) in [6.07, 6.45) is 9.58. The van der Waals surface area contributed by atoms with Gasteiger partial charge in [-0.25, -0.2) is 0 Å². The van der Waals surface area contributed by atoms with E-state index in [0.717, 1.165) is 0 Å². The molecule has 4 unspecified atom stereocenters. The molecular weight excluding hydrogens is 120 g/mol. The summed E-state index contributed by atoms with van der Waals surface area (Å²) >= 11 is 0. The third-order valence-corrected chi connectivity index (χ3v) is 4.31. The lowest BCUT2D eigenvalue weighted by Gasteiger charge is -2.24. The van der Waals surface area contributed by atoms with Gasteiger partial charge in [-0.05, 0) is 55.8 Å². The maximum absolute atomic E-state index is 1.62. The summed E-state index contributed by atoms with van der Waals surface area (Å²) < 4.78 is 0. The lowest BCUT2D eigenvalue weighted by atomic mass is 9.81. The highest BCUT2D eigenvalue weighted by molar-refractivity contribution is 4.96. The Hall–Kier alpha value is 0. The molecule has 3 fully saturated rings. The SMILES string of the molecule is C1CC2CCC3CC1CC23. The molecule has 0 spiro atoms. The molecule has 0 aromatic rings. The Kier molecular flexibility index (Phi) is 1.00. The topological polar surface area (TPSA) is 0 Å². The average molecular weight is 136 g/mol. The van der Waals surface area contributed by atoms with Crippen molar-refractivity contribution < 1.29 is 0 Å². The van der Waals surface area contributed by atoms with Crippen LogP contribution in [0.3, 0.4) is 0 Å². The highest BCUT2D eigenvalue weighted by Crippen LogP contribution is 2.56. The molecule has 3 aliphatic rings. The van der Waals surface area contributed by atoms with Crippen molar-refractivity contribution in [1.29, 1.82) is 0 Å². The van der Waals surface area contributed by atoms with Gasteiger partial charge < -0.3 is 0 Å². The highest BCUT2D eigenvalue weighted by atomic mass is 14.5. The van der Waals surface area contributed by atoms with Gasteiger partial charge in [0.05, 0.1) is 0 Å². The number of hydrogen-bond donors (Lipinski definition) is 0.